The van der Waals surface area contributed by atoms with Gasteiger partial charge in [-0.25, -0.2) is 4.39 Å². The van der Waals surface area contributed by atoms with Crippen LogP contribution in [0.5, 0.6) is 5.75 Å². The predicted octanol–water partition coefficient (Wildman–Crippen LogP) is 1.71. The van der Waals surface area contributed by atoms with Crippen molar-refractivity contribution in [2.75, 3.05) is 5.32 Å². The first-order valence-electron chi connectivity index (χ1n) is 8.99. The quantitative estimate of drug-likeness (QED) is 0.190. The fourth-order valence-corrected chi connectivity index (χ4v) is 3.03. The number of carbonyl (C=O) groups is 1. The van der Waals surface area contributed by atoms with Crippen LogP contribution in [-0.4, -0.2) is 39.8 Å². The highest BCUT2D eigenvalue weighted by Crippen LogP contribution is 2.31. The number of aromatic nitrogens is 2. The zero-order chi connectivity index (χ0) is 21.8. The monoisotopic (exact) mass is 423 g/mol. The number of thiocarbonyl (C=S) groups is 1. The molecule has 0 unspecified atom stereocenters. The number of hydrogen-bond acceptors (Lipinski definition) is 5. The summed E-state index contributed by atoms with van der Waals surface area (Å²) >= 11 is 5.21. The molecule has 3 rings (SSSR count). The summed E-state index contributed by atoms with van der Waals surface area (Å²) in [6.45, 7) is 1.68. The van der Waals surface area contributed by atoms with Gasteiger partial charge < -0.3 is 10.4 Å². The second-order valence-corrected chi connectivity index (χ2v) is 7.04. The third-order valence-electron chi connectivity index (χ3n) is 4.43. The summed E-state index contributed by atoms with van der Waals surface area (Å²) in [4.78, 5) is 10.7. The van der Waals surface area contributed by atoms with Crippen molar-refractivity contribution in [3.63, 3.8) is 0 Å². The fraction of sp³-hybridized carbons (Fsp3) is 0.100. The molecular formula is C20H19BFN5O2S. The van der Waals surface area contributed by atoms with Gasteiger partial charge in [-0.2, -0.15) is 10.2 Å². The second kappa shape index (κ2) is 8.87. The van der Waals surface area contributed by atoms with Gasteiger partial charge in [0.2, 0.25) is 0 Å². The molecule has 0 aliphatic rings. The smallest absolute Gasteiger partial charge is 0.191 e. The molecule has 0 amide bonds. The summed E-state index contributed by atoms with van der Waals surface area (Å²) in [5, 5.41) is 22.4. The number of aromatic hydroxyl groups is 1. The van der Waals surface area contributed by atoms with E-state index < -0.39 is 0 Å². The summed E-state index contributed by atoms with van der Waals surface area (Å²) in [5.41, 5.74) is 6.22. The van der Waals surface area contributed by atoms with E-state index in [2.05, 4.69) is 20.9 Å². The lowest BCUT2D eigenvalue weighted by Gasteiger charge is -2.07. The Morgan fingerprint density at radius 2 is 2.00 bits per heavy atom. The van der Waals surface area contributed by atoms with Crippen LogP contribution in [0, 0.1) is 5.82 Å². The molecule has 10 heteroatoms. The molecule has 3 N–H and O–H groups in total. The molecular weight excluding hydrogens is 404 g/mol. The molecule has 30 heavy (non-hydrogen) atoms. The van der Waals surface area contributed by atoms with Gasteiger partial charge in [0.05, 0.1) is 5.71 Å². The number of hydrazone groups is 1. The van der Waals surface area contributed by atoms with E-state index in [9.17, 15) is 14.3 Å². The number of hydrogen-bond donors (Lipinski definition) is 3. The molecule has 0 fully saturated rings. The number of aldehydes is 1. The SMILES string of the molecule is Bc1cc(-c2c(O)c(/C(C)=N/NC(=S)Nc3ccc(C=O)cc3)nn2C)ccc1F. The van der Waals surface area contributed by atoms with Crippen molar-refractivity contribution in [1.82, 2.24) is 15.2 Å². The van der Waals surface area contributed by atoms with E-state index in [1.807, 2.05) is 0 Å². The summed E-state index contributed by atoms with van der Waals surface area (Å²) in [5.74, 6) is -0.376. The molecule has 0 aliphatic carbocycles. The summed E-state index contributed by atoms with van der Waals surface area (Å²) in [6, 6.07) is 11.4. The summed E-state index contributed by atoms with van der Waals surface area (Å²) in [7, 11) is 3.34. The van der Waals surface area contributed by atoms with Gasteiger partial charge in [0.25, 0.3) is 0 Å². The number of carbonyl (C=O) groups excluding carboxylic acids is 1. The lowest BCUT2D eigenvalue weighted by Crippen LogP contribution is -2.25. The van der Waals surface area contributed by atoms with Gasteiger partial charge in [0.15, 0.2) is 16.6 Å². The summed E-state index contributed by atoms with van der Waals surface area (Å²) in [6.07, 6.45) is 0.759. The molecule has 1 aromatic heterocycles. The molecule has 0 aliphatic heterocycles. The Labute approximate surface area is 179 Å². The van der Waals surface area contributed by atoms with Crippen molar-refractivity contribution < 1.29 is 14.3 Å². The van der Waals surface area contributed by atoms with Gasteiger partial charge in [0, 0.05) is 23.9 Å². The molecule has 2 aromatic carbocycles. The van der Waals surface area contributed by atoms with Crippen LogP contribution in [0.25, 0.3) is 11.3 Å². The van der Waals surface area contributed by atoms with E-state index in [0.29, 0.717) is 33.7 Å². The average Bonchev–Trinajstić information content (AvgIpc) is 3.03. The molecule has 0 saturated heterocycles. The minimum atomic E-state index is -0.315. The lowest BCUT2D eigenvalue weighted by molar-refractivity contribution is 0.112. The van der Waals surface area contributed by atoms with Crippen LogP contribution in [0.3, 0.4) is 0 Å². The zero-order valence-corrected chi connectivity index (χ0v) is 17.4. The Bertz CT molecular complexity index is 1140. The third-order valence-corrected chi connectivity index (χ3v) is 4.62. The number of nitrogens with zero attached hydrogens (tertiary/aromatic N) is 3. The minimum Gasteiger partial charge on any atom is -0.504 e. The van der Waals surface area contributed by atoms with Gasteiger partial charge in [-0.15, -0.1) is 0 Å². The Morgan fingerprint density at radius 3 is 2.63 bits per heavy atom. The largest absolute Gasteiger partial charge is 0.504 e. The van der Waals surface area contributed by atoms with Crippen molar-refractivity contribution in [2.24, 2.45) is 12.1 Å². The molecule has 0 bridgehead atoms. The van der Waals surface area contributed by atoms with Crippen LogP contribution in [0.4, 0.5) is 10.1 Å². The highest BCUT2D eigenvalue weighted by atomic mass is 32.1. The summed E-state index contributed by atoms with van der Waals surface area (Å²) < 4.78 is 15.1. The van der Waals surface area contributed by atoms with E-state index in [1.165, 1.54) is 10.7 Å². The molecule has 3 aromatic rings. The zero-order valence-electron chi connectivity index (χ0n) is 16.6. The number of aryl methyl sites for hydroxylation is 1. The van der Waals surface area contributed by atoms with Gasteiger partial charge in [-0.1, -0.05) is 11.5 Å². The Hall–Kier alpha value is -3.53. The van der Waals surface area contributed by atoms with Crippen LogP contribution in [-0.2, 0) is 7.05 Å². The molecule has 0 spiro atoms. The normalized spacial score (nSPS) is 11.2. The molecule has 1 heterocycles. The van der Waals surface area contributed by atoms with Crippen LogP contribution >= 0.6 is 12.2 Å². The van der Waals surface area contributed by atoms with Crippen LogP contribution in [0.1, 0.15) is 23.0 Å². The van der Waals surface area contributed by atoms with Crippen LogP contribution < -0.4 is 16.2 Å². The first kappa shape index (κ1) is 21.2. The fourth-order valence-electron chi connectivity index (χ4n) is 2.86. The maximum absolute atomic E-state index is 13.6. The van der Waals surface area contributed by atoms with E-state index in [4.69, 9.17) is 12.2 Å². The maximum atomic E-state index is 13.6. The average molecular weight is 423 g/mol. The van der Waals surface area contributed by atoms with Crippen molar-refractivity contribution in [2.45, 2.75) is 6.92 Å². The first-order chi connectivity index (χ1) is 14.3. The van der Waals surface area contributed by atoms with Crippen molar-refractivity contribution >= 4 is 48.3 Å². The number of anilines is 1. The molecule has 0 radical (unpaired) electrons. The number of rotatable bonds is 5. The number of nitrogens with one attached hydrogen (secondary N) is 2. The van der Waals surface area contributed by atoms with E-state index in [0.717, 1.165) is 6.29 Å². The molecule has 0 atom stereocenters. The Kier molecular flexibility index (Phi) is 6.27. The minimum absolute atomic E-state index is 0.0603. The Balaban J connectivity index is 1.76. The lowest BCUT2D eigenvalue weighted by atomic mass is 9.92. The van der Waals surface area contributed by atoms with Crippen molar-refractivity contribution in [3.05, 3.63) is 59.5 Å². The van der Waals surface area contributed by atoms with Crippen LogP contribution in [0.15, 0.2) is 47.6 Å². The van der Waals surface area contributed by atoms with E-state index in [1.54, 1.807) is 58.2 Å². The van der Waals surface area contributed by atoms with E-state index >= 15 is 0 Å². The van der Waals surface area contributed by atoms with E-state index in [-0.39, 0.29) is 22.4 Å². The topological polar surface area (TPSA) is 91.5 Å². The standard InChI is InChI=1S/C20H19BFN5O2S/c1-11(24-25-20(30)23-14-6-3-12(10-28)4-7-14)17-19(29)18(27(2)26-17)13-5-8-16(22)15(21)9-13/h3-10,29H,21H2,1-2H3,(H2,23,25,30)/b24-11+. The van der Waals surface area contributed by atoms with Gasteiger partial charge in [-0.05, 0) is 55.5 Å². The maximum Gasteiger partial charge on any atom is 0.191 e. The highest BCUT2D eigenvalue weighted by molar-refractivity contribution is 7.80. The second-order valence-electron chi connectivity index (χ2n) is 6.64. The van der Waals surface area contributed by atoms with Crippen LogP contribution in [0.2, 0.25) is 0 Å². The number of benzene rings is 2. The Morgan fingerprint density at radius 1 is 1.30 bits per heavy atom. The first-order valence-corrected chi connectivity index (χ1v) is 9.40. The predicted molar refractivity (Wildman–Crippen MR) is 122 cm³/mol. The van der Waals surface area contributed by atoms with Crippen molar-refractivity contribution in [1.29, 1.82) is 0 Å². The molecule has 7 nitrogen and oxygen atoms in total. The van der Waals surface area contributed by atoms with Crippen molar-refractivity contribution in [3.8, 4) is 17.0 Å². The highest BCUT2D eigenvalue weighted by Gasteiger charge is 2.19. The third kappa shape index (κ3) is 4.55. The number of halogens is 1. The van der Waals surface area contributed by atoms with Gasteiger partial charge >= 0.3 is 0 Å². The van der Waals surface area contributed by atoms with Gasteiger partial charge in [-0.3, -0.25) is 14.9 Å². The van der Waals surface area contributed by atoms with Gasteiger partial charge in [0.1, 0.15) is 25.6 Å². The molecule has 0 saturated carbocycles. The molecule has 152 valence electrons.